The summed E-state index contributed by atoms with van der Waals surface area (Å²) in [6.07, 6.45) is -2.69. The number of piperidine rings is 1. The summed E-state index contributed by atoms with van der Waals surface area (Å²) in [6, 6.07) is 3.17. The van der Waals surface area contributed by atoms with Gasteiger partial charge in [0.15, 0.2) is 5.65 Å². The molecule has 0 amide bonds. The van der Waals surface area contributed by atoms with E-state index in [1.807, 2.05) is 11.8 Å². The van der Waals surface area contributed by atoms with E-state index in [2.05, 4.69) is 15.3 Å². The second kappa shape index (κ2) is 5.71. The molecule has 120 valence electrons. The third-order valence-electron chi connectivity index (χ3n) is 3.67. The largest absolute Gasteiger partial charge is 0.453 e. The van der Waals surface area contributed by atoms with Crippen molar-refractivity contribution in [3.63, 3.8) is 0 Å². The normalized spacial score (nSPS) is 17.4. The molecule has 0 atom stereocenters. The van der Waals surface area contributed by atoms with Crippen LogP contribution in [0.15, 0.2) is 12.1 Å². The highest BCUT2D eigenvalue weighted by molar-refractivity contribution is 5.46. The maximum absolute atomic E-state index is 12.9. The van der Waals surface area contributed by atoms with Crippen LogP contribution in [0.25, 0.3) is 5.65 Å². The number of nitrogens with zero attached hydrogens (tertiary/aromatic N) is 5. The molecule has 0 bridgehead atoms. The number of alkyl halides is 3. The maximum Gasteiger partial charge on any atom is 0.453 e. The molecule has 22 heavy (non-hydrogen) atoms. The molecule has 1 fully saturated rings. The van der Waals surface area contributed by atoms with E-state index < -0.39 is 12.0 Å². The second-order valence-electron chi connectivity index (χ2n) is 5.12. The Morgan fingerprint density at radius 1 is 1.23 bits per heavy atom. The van der Waals surface area contributed by atoms with Crippen LogP contribution in [0, 0.1) is 0 Å². The number of aromatic nitrogens is 4. The zero-order valence-corrected chi connectivity index (χ0v) is 12.0. The Morgan fingerprint density at radius 2 is 1.95 bits per heavy atom. The molecule has 0 saturated carbocycles. The Labute approximate surface area is 124 Å². The highest BCUT2D eigenvalue weighted by Gasteiger charge is 2.37. The molecule has 1 aliphatic rings. The average Bonchev–Trinajstić information content (AvgIpc) is 2.91. The Morgan fingerprint density at radius 3 is 2.59 bits per heavy atom. The van der Waals surface area contributed by atoms with Crippen LogP contribution in [0.2, 0.25) is 0 Å². The third-order valence-corrected chi connectivity index (χ3v) is 3.67. The van der Waals surface area contributed by atoms with Gasteiger partial charge in [0.05, 0.1) is 6.10 Å². The maximum atomic E-state index is 12.9. The Bertz CT molecular complexity index is 649. The van der Waals surface area contributed by atoms with E-state index in [0.29, 0.717) is 25.5 Å². The molecule has 2 aromatic rings. The summed E-state index contributed by atoms with van der Waals surface area (Å²) in [4.78, 5) is 1.95. The number of hydrogen-bond acceptors (Lipinski definition) is 5. The number of ether oxygens (including phenoxy) is 1. The minimum Gasteiger partial charge on any atom is -0.378 e. The monoisotopic (exact) mass is 315 g/mol. The van der Waals surface area contributed by atoms with Gasteiger partial charge in [0.2, 0.25) is 0 Å². The number of fused-ring (bicyclic) bond motifs is 1. The smallest absolute Gasteiger partial charge is 0.378 e. The van der Waals surface area contributed by atoms with Crippen molar-refractivity contribution in [1.29, 1.82) is 0 Å². The fourth-order valence-corrected chi connectivity index (χ4v) is 2.61. The van der Waals surface area contributed by atoms with E-state index in [4.69, 9.17) is 4.74 Å². The lowest BCUT2D eigenvalue weighted by Gasteiger charge is -2.32. The van der Waals surface area contributed by atoms with Crippen LogP contribution < -0.4 is 4.90 Å². The lowest BCUT2D eigenvalue weighted by molar-refractivity contribution is -0.146. The number of hydrogen-bond donors (Lipinski definition) is 0. The minimum absolute atomic E-state index is 0.0836. The van der Waals surface area contributed by atoms with Crippen LogP contribution in [-0.4, -0.2) is 45.6 Å². The topological polar surface area (TPSA) is 55.5 Å². The first-order chi connectivity index (χ1) is 10.5. The zero-order chi connectivity index (χ0) is 15.7. The minimum atomic E-state index is -4.58. The molecule has 6 nitrogen and oxygen atoms in total. The van der Waals surface area contributed by atoms with Gasteiger partial charge in [-0.3, -0.25) is 0 Å². The van der Waals surface area contributed by atoms with Gasteiger partial charge in [0.1, 0.15) is 5.82 Å². The third kappa shape index (κ3) is 2.85. The molecule has 0 N–H and O–H groups in total. The summed E-state index contributed by atoms with van der Waals surface area (Å²) in [6.45, 7) is 4.02. The SMILES string of the molecule is CCOC1CCN(c2ccc3nnc(C(F)(F)F)n3n2)CC1. The van der Waals surface area contributed by atoms with Gasteiger partial charge in [-0.1, -0.05) is 0 Å². The van der Waals surface area contributed by atoms with Crippen molar-refractivity contribution in [3.05, 3.63) is 18.0 Å². The molecule has 0 unspecified atom stereocenters. The summed E-state index contributed by atoms with van der Waals surface area (Å²) in [7, 11) is 0. The molecular formula is C13H16F3N5O. The molecule has 9 heteroatoms. The molecule has 1 saturated heterocycles. The van der Waals surface area contributed by atoms with E-state index >= 15 is 0 Å². The van der Waals surface area contributed by atoms with Crippen molar-refractivity contribution in [3.8, 4) is 0 Å². The van der Waals surface area contributed by atoms with Crippen LogP contribution >= 0.6 is 0 Å². The van der Waals surface area contributed by atoms with Crippen LogP contribution in [-0.2, 0) is 10.9 Å². The second-order valence-corrected chi connectivity index (χ2v) is 5.12. The zero-order valence-electron chi connectivity index (χ0n) is 12.0. The van der Waals surface area contributed by atoms with Crippen molar-refractivity contribution < 1.29 is 17.9 Å². The molecule has 3 rings (SSSR count). The first-order valence-corrected chi connectivity index (χ1v) is 7.15. The van der Waals surface area contributed by atoms with Gasteiger partial charge in [-0.25, -0.2) is 0 Å². The van der Waals surface area contributed by atoms with Crippen molar-refractivity contribution in [2.24, 2.45) is 0 Å². The van der Waals surface area contributed by atoms with Crippen molar-refractivity contribution in [1.82, 2.24) is 19.8 Å². The van der Waals surface area contributed by atoms with Gasteiger partial charge < -0.3 is 9.64 Å². The molecule has 1 aliphatic heterocycles. The lowest BCUT2D eigenvalue weighted by Crippen LogP contribution is -2.37. The summed E-state index contributed by atoms with van der Waals surface area (Å²) >= 11 is 0. The molecule has 2 aromatic heterocycles. The fraction of sp³-hybridized carbons (Fsp3) is 0.615. The van der Waals surface area contributed by atoms with Crippen LogP contribution in [0.1, 0.15) is 25.6 Å². The molecule has 0 radical (unpaired) electrons. The number of rotatable bonds is 3. The van der Waals surface area contributed by atoms with Crippen LogP contribution in [0.4, 0.5) is 19.0 Å². The number of halogens is 3. The highest BCUT2D eigenvalue weighted by atomic mass is 19.4. The summed E-state index contributed by atoms with van der Waals surface area (Å²) in [5.74, 6) is -0.610. The summed E-state index contributed by atoms with van der Waals surface area (Å²) < 4.78 is 44.9. The van der Waals surface area contributed by atoms with Crippen LogP contribution in [0.5, 0.6) is 0 Å². The number of anilines is 1. The van der Waals surface area contributed by atoms with E-state index in [0.717, 1.165) is 17.4 Å². The first kappa shape index (κ1) is 15.0. The van der Waals surface area contributed by atoms with E-state index in [1.54, 1.807) is 6.07 Å². The summed E-state index contributed by atoms with van der Waals surface area (Å²) in [5.41, 5.74) is 0.0836. The molecule has 0 aliphatic carbocycles. The predicted molar refractivity (Wildman–Crippen MR) is 72.6 cm³/mol. The van der Waals surface area contributed by atoms with Crippen molar-refractivity contribution in [2.75, 3.05) is 24.6 Å². The van der Waals surface area contributed by atoms with Gasteiger partial charge in [0.25, 0.3) is 5.82 Å². The molecule has 0 aromatic carbocycles. The van der Waals surface area contributed by atoms with Gasteiger partial charge in [-0.2, -0.15) is 17.7 Å². The van der Waals surface area contributed by atoms with Crippen molar-refractivity contribution >= 4 is 11.5 Å². The van der Waals surface area contributed by atoms with Gasteiger partial charge >= 0.3 is 6.18 Å². The van der Waals surface area contributed by atoms with E-state index in [1.165, 1.54) is 6.07 Å². The van der Waals surface area contributed by atoms with E-state index in [9.17, 15) is 13.2 Å². The first-order valence-electron chi connectivity index (χ1n) is 7.15. The Hall–Kier alpha value is -1.90. The fourth-order valence-electron chi connectivity index (χ4n) is 2.61. The van der Waals surface area contributed by atoms with Gasteiger partial charge in [-0.15, -0.1) is 15.3 Å². The predicted octanol–water partition coefficient (Wildman–Crippen LogP) is 2.15. The summed E-state index contributed by atoms with van der Waals surface area (Å²) in [5, 5.41) is 10.7. The quantitative estimate of drug-likeness (QED) is 0.869. The standard InChI is InChI=1S/C13H16F3N5O/c1-2-22-9-5-7-20(8-6-9)11-4-3-10-17-18-12(13(14,15)16)21(10)19-11/h3-4,9H,2,5-8H2,1H3. The molecule has 0 spiro atoms. The average molecular weight is 315 g/mol. The molecule has 3 heterocycles. The Kier molecular flexibility index (Phi) is 3.90. The lowest BCUT2D eigenvalue weighted by atomic mass is 10.1. The Balaban J connectivity index is 1.83. The van der Waals surface area contributed by atoms with E-state index in [-0.39, 0.29) is 11.8 Å². The van der Waals surface area contributed by atoms with Gasteiger partial charge in [-0.05, 0) is 31.9 Å². The van der Waals surface area contributed by atoms with Crippen molar-refractivity contribution in [2.45, 2.75) is 32.0 Å². The van der Waals surface area contributed by atoms with Gasteiger partial charge in [0, 0.05) is 19.7 Å². The van der Waals surface area contributed by atoms with Crippen LogP contribution in [0.3, 0.4) is 0 Å². The molecular weight excluding hydrogens is 299 g/mol. The highest BCUT2D eigenvalue weighted by Crippen LogP contribution is 2.28.